The van der Waals surface area contributed by atoms with Crippen LogP contribution in [0, 0.1) is 0 Å². The van der Waals surface area contributed by atoms with Crippen molar-refractivity contribution in [2.24, 2.45) is 0 Å². The second-order valence-electron chi connectivity index (χ2n) is 5.40. The van der Waals surface area contributed by atoms with Gasteiger partial charge in [0.25, 0.3) is 0 Å². The molecule has 1 rings (SSSR count). The molecule has 2 nitrogen and oxygen atoms in total. The van der Waals surface area contributed by atoms with E-state index in [2.05, 4.69) is 56.5 Å². The Labute approximate surface area is 132 Å². The molecule has 0 saturated heterocycles. The van der Waals surface area contributed by atoms with E-state index in [4.69, 9.17) is 4.74 Å². The molecule has 0 radical (unpaired) electrons. The molecule has 0 fully saturated rings. The summed E-state index contributed by atoms with van der Waals surface area (Å²) in [4.78, 5) is 2.51. The van der Waals surface area contributed by atoms with Crippen LogP contribution < -0.4 is 5.19 Å². The van der Waals surface area contributed by atoms with Gasteiger partial charge < -0.3 is 9.64 Å². The van der Waals surface area contributed by atoms with Gasteiger partial charge in [-0.05, 0) is 38.5 Å². The zero-order valence-corrected chi connectivity index (χ0v) is 15.1. The quantitative estimate of drug-likeness (QED) is 0.583. The van der Waals surface area contributed by atoms with Crippen LogP contribution in [0.2, 0.25) is 6.04 Å². The second-order valence-corrected chi connectivity index (χ2v) is 8.37. The average Bonchev–Trinajstić information content (AvgIpc) is 2.54. The van der Waals surface area contributed by atoms with E-state index >= 15 is 0 Å². The van der Waals surface area contributed by atoms with Crippen molar-refractivity contribution in [3.8, 4) is 0 Å². The van der Waals surface area contributed by atoms with Crippen molar-refractivity contribution in [1.82, 2.24) is 4.90 Å². The molecule has 0 aliphatic carbocycles. The van der Waals surface area contributed by atoms with Gasteiger partial charge in [-0.1, -0.05) is 62.0 Å². The van der Waals surface area contributed by atoms with Crippen molar-refractivity contribution in [2.75, 3.05) is 32.5 Å². The summed E-state index contributed by atoms with van der Waals surface area (Å²) in [5, 5.41) is 1.52. The highest BCUT2D eigenvalue weighted by atomic mass is 28.3. The Bertz CT molecular complexity index is 387. The van der Waals surface area contributed by atoms with Crippen LogP contribution in [0.4, 0.5) is 0 Å². The smallest absolute Gasteiger partial charge is 0.100 e. The third kappa shape index (κ3) is 6.59. The summed E-state index contributed by atoms with van der Waals surface area (Å²) in [6.07, 6.45) is 4.15. The monoisotopic (exact) mass is 305 g/mol. The summed E-state index contributed by atoms with van der Waals surface area (Å²) in [6, 6.07) is 10.2. The van der Waals surface area contributed by atoms with E-state index in [1.54, 1.807) is 0 Å². The summed E-state index contributed by atoms with van der Waals surface area (Å²) in [5.74, 6) is 0. The Kier molecular flexibility index (Phi) is 9.31. The topological polar surface area (TPSA) is 12.5 Å². The van der Waals surface area contributed by atoms with Gasteiger partial charge in [0.15, 0.2) is 0 Å². The Hall–Kier alpha value is -0.903. The van der Waals surface area contributed by atoms with Crippen LogP contribution in [0.3, 0.4) is 0 Å². The first kappa shape index (κ1) is 18.1. The van der Waals surface area contributed by atoms with Gasteiger partial charge in [-0.2, -0.15) is 0 Å². The van der Waals surface area contributed by atoms with E-state index in [1.165, 1.54) is 29.8 Å². The number of ether oxygens (including phenoxy) is 1. The molecule has 0 spiro atoms. The van der Waals surface area contributed by atoms with Crippen molar-refractivity contribution in [1.29, 1.82) is 0 Å². The lowest BCUT2D eigenvalue weighted by Gasteiger charge is -2.20. The summed E-state index contributed by atoms with van der Waals surface area (Å²) in [5.41, 5.74) is 1.20. The SMILES string of the molecule is C=Cc1ccc([SiH](CCCN(CC)CC)COCC)cc1. The molecule has 0 N–H and O–H groups in total. The number of hydrogen-bond acceptors (Lipinski definition) is 2. The molecule has 0 aromatic heterocycles. The fourth-order valence-corrected chi connectivity index (χ4v) is 5.24. The van der Waals surface area contributed by atoms with E-state index in [9.17, 15) is 0 Å². The lowest BCUT2D eigenvalue weighted by atomic mass is 10.2. The van der Waals surface area contributed by atoms with Gasteiger partial charge >= 0.3 is 0 Å². The highest BCUT2D eigenvalue weighted by molar-refractivity contribution is 6.73. The van der Waals surface area contributed by atoms with E-state index in [0.29, 0.717) is 0 Å². The first-order valence-electron chi connectivity index (χ1n) is 8.27. The highest BCUT2D eigenvalue weighted by Gasteiger charge is 2.14. The minimum Gasteiger partial charge on any atom is -0.385 e. The van der Waals surface area contributed by atoms with Crippen LogP contribution in [0.15, 0.2) is 30.8 Å². The molecule has 0 heterocycles. The molecule has 0 aliphatic heterocycles. The summed E-state index contributed by atoms with van der Waals surface area (Å²) >= 11 is 0. The van der Waals surface area contributed by atoms with Crippen molar-refractivity contribution in [2.45, 2.75) is 33.2 Å². The van der Waals surface area contributed by atoms with Gasteiger partial charge in [0.1, 0.15) is 8.80 Å². The van der Waals surface area contributed by atoms with E-state index in [0.717, 1.165) is 25.9 Å². The predicted octanol–water partition coefficient (Wildman–Crippen LogP) is 3.07. The van der Waals surface area contributed by atoms with Gasteiger partial charge in [0.05, 0.1) is 0 Å². The van der Waals surface area contributed by atoms with Crippen molar-refractivity contribution in [3.63, 3.8) is 0 Å². The van der Waals surface area contributed by atoms with Crippen LogP contribution in [0.5, 0.6) is 0 Å². The lowest BCUT2D eigenvalue weighted by Crippen LogP contribution is -2.36. The maximum atomic E-state index is 5.74. The Morgan fingerprint density at radius 3 is 2.33 bits per heavy atom. The first-order valence-corrected chi connectivity index (χ1v) is 10.5. The highest BCUT2D eigenvalue weighted by Crippen LogP contribution is 2.05. The second kappa shape index (κ2) is 10.8. The summed E-state index contributed by atoms with van der Waals surface area (Å²) in [7, 11) is -1.01. The molecule has 0 amide bonds. The summed E-state index contributed by atoms with van der Waals surface area (Å²) in [6.45, 7) is 14.7. The number of nitrogens with zero attached hydrogens (tertiary/aromatic N) is 1. The number of rotatable bonds is 11. The van der Waals surface area contributed by atoms with E-state index in [-0.39, 0.29) is 0 Å². The van der Waals surface area contributed by atoms with Crippen LogP contribution in [0.25, 0.3) is 6.08 Å². The Morgan fingerprint density at radius 1 is 1.14 bits per heavy atom. The van der Waals surface area contributed by atoms with Crippen LogP contribution >= 0.6 is 0 Å². The molecule has 3 heteroatoms. The standard InChI is InChI=1S/C18H31NOSi/c1-5-17-10-12-18(13-11-17)21(16-20-8-4)15-9-14-19(6-2)7-3/h5,10-13,21H,1,6-9,14-16H2,2-4H3. The average molecular weight is 306 g/mol. The maximum Gasteiger partial charge on any atom is 0.100 e. The van der Waals surface area contributed by atoms with Crippen molar-refractivity contribution >= 4 is 20.1 Å². The third-order valence-electron chi connectivity index (χ3n) is 4.09. The largest absolute Gasteiger partial charge is 0.385 e. The fraction of sp³-hybridized carbons (Fsp3) is 0.556. The van der Waals surface area contributed by atoms with Gasteiger partial charge in [-0.25, -0.2) is 0 Å². The van der Waals surface area contributed by atoms with E-state index < -0.39 is 8.80 Å². The minimum absolute atomic E-state index is 0.824. The Balaban J connectivity index is 2.59. The normalized spacial score (nSPS) is 12.6. The maximum absolute atomic E-state index is 5.74. The fourth-order valence-electron chi connectivity index (χ4n) is 2.61. The third-order valence-corrected chi connectivity index (χ3v) is 7.16. The van der Waals surface area contributed by atoms with Crippen molar-refractivity contribution < 1.29 is 4.74 Å². The van der Waals surface area contributed by atoms with Gasteiger partial charge in [0.2, 0.25) is 0 Å². The number of hydrogen-bond donors (Lipinski definition) is 0. The molecule has 1 aromatic rings. The molecule has 21 heavy (non-hydrogen) atoms. The molecule has 1 unspecified atom stereocenters. The first-order chi connectivity index (χ1) is 10.2. The van der Waals surface area contributed by atoms with Gasteiger partial charge in [-0.3, -0.25) is 0 Å². The minimum atomic E-state index is -1.01. The van der Waals surface area contributed by atoms with Gasteiger partial charge in [-0.15, -0.1) is 0 Å². The Morgan fingerprint density at radius 2 is 1.81 bits per heavy atom. The van der Waals surface area contributed by atoms with E-state index in [1.807, 2.05) is 6.08 Å². The molecule has 1 atom stereocenters. The zero-order chi connectivity index (χ0) is 15.5. The zero-order valence-electron chi connectivity index (χ0n) is 14.0. The van der Waals surface area contributed by atoms with Crippen molar-refractivity contribution in [3.05, 3.63) is 36.4 Å². The summed E-state index contributed by atoms with van der Waals surface area (Å²) < 4.78 is 5.74. The molecule has 0 aliphatic rings. The molecule has 0 bridgehead atoms. The predicted molar refractivity (Wildman–Crippen MR) is 97.0 cm³/mol. The molecule has 0 saturated carbocycles. The molecule has 118 valence electrons. The van der Waals surface area contributed by atoms with Crippen LogP contribution in [-0.4, -0.2) is 46.2 Å². The number of benzene rings is 1. The van der Waals surface area contributed by atoms with Gasteiger partial charge in [0, 0.05) is 12.8 Å². The molecule has 1 aromatic carbocycles. The van der Waals surface area contributed by atoms with Crippen LogP contribution in [0.1, 0.15) is 32.8 Å². The van der Waals surface area contributed by atoms with Crippen LogP contribution in [-0.2, 0) is 4.74 Å². The molecular weight excluding hydrogens is 274 g/mol. The lowest BCUT2D eigenvalue weighted by molar-refractivity contribution is 0.191. The molecular formula is C18H31NOSi.